The van der Waals surface area contributed by atoms with E-state index < -0.39 is 5.60 Å². The summed E-state index contributed by atoms with van der Waals surface area (Å²) in [6.45, 7) is 11.9. The molecule has 4 nitrogen and oxygen atoms in total. The lowest BCUT2D eigenvalue weighted by Gasteiger charge is -2.67. The average Bonchev–Trinajstić information content (AvgIpc) is 2.44. The molecule has 0 heterocycles. The number of carbonyl (C=O) groups excluding carboxylic acids is 1. The van der Waals surface area contributed by atoms with Crippen molar-refractivity contribution in [2.45, 2.75) is 110 Å². The largest absolute Gasteiger partial charge is 0.444 e. The van der Waals surface area contributed by atoms with E-state index in [0.29, 0.717) is 10.8 Å². The van der Waals surface area contributed by atoms with Crippen LogP contribution in [0.2, 0.25) is 0 Å². The molecule has 2 unspecified atom stereocenters. The highest BCUT2D eigenvalue weighted by Gasteiger charge is 2.62. The van der Waals surface area contributed by atoms with E-state index in [-0.39, 0.29) is 18.2 Å². The van der Waals surface area contributed by atoms with E-state index in [1.165, 1.54) is 19.3 Å². The SMILES string of the molecule is CC(C)(C)OC(=O)N(CCCCCCO)C12CC3C[C@@](C)(C1)C[C@](C)(C3)C2. The zero-order chi connectivity index (χ0) is 19.9. The minimum absolute atomic E-state index is 0.0117. The molecule has 0 radical (unpaired) electrons. The third-order valence-electron chi connectivity index (χ3n) is 7.07. The van der Waals surface area contributed by atoms with Gasteiger partial charge in [-0.1, -0.05) is 26.7 Å². The Hall–Kier alpha value is -0.770. The second-order valence-electron chi connectivity index (χ2n) is 11.6. The fourth-order valence-electron chi connectivity index (χ4n) is 7.26. The number of aliphatic hydroxyl groups excluding tert-OH is 1. The lowest BCUT2D eigenvalue weighted by Crippen LogP contribution is -2.66. The zero-order valence-corrected chi connectivity index (χ0v) is 18.3. The molecule has 0 saturated heterocycles. The Bertz CT molecular complexity index is 534. The normalized spacial score (nSPS) is 37.5. The van der Waals surface area contributed by atoms with Gasteiger partial charge in [0.05, 0.1) is 0 Å². The van der Waals surface area contributed by atoms with Crippen LogP contribution in [0.5, 0.6) is 0 Å². The van der Waals surface area contributed by atoms with Crippen molar-refractivity contribution < 1.29 is 14.6 Å². The number of amides is 1. The van der Waals surface area contributed by atoms with Crippen molar-refractivity contribution in [2.75, 3.05) is 13.2 Å². The van der Waals surface area contributed by atoms with Crippen molar-refractivity contribution in [3.63, 3.8) is 0 Å². The highest BCUT2D eigenvalue weighted by Crippen LogP contribution is 2.67. The Morgan fingerprint density at radius 1 is 1.00 bits per heavy atom. The Morgan fingerprint density at radius 3 is 2.11 bits per heavy atom. The van der Waals surface area contributed by atoms with Crippen LogP contribution in [0.1, 0.15) is 98.8 Å². The number of unbranched alkanes of at least 4 members (excludes halogenated alkanes) is 3. The van der Waals surface area contributed by atoms with Crippen LogP contribution in [0, 0.1) is 16.7 Å². The molecule has 0 spiro atoms. The summed E-state index contributed by atoms with van der Waals surface area (Å²) < 4.78 is 5.88. The summed E-state index contributed by atoms with van der Waals surface area (Å²) in [5.41, 5.74) is 0.293. The molecule has 4 aliphatic carbocycles. The number of hydrogen-bond donors (Lipinski definition) is 1. The molecule has 0 aromatic rings. The van der Waals surface area contributed by atoms with Crippen molar-refractivity contribution in [3.8, 4) is 0 Å². The van der Waals surface area contributed by atoms with Crippen molar-refractivity contribution in [1.82, 2.24) is 4.90 Å². The molecule has 4 fully saturated rings. The molecule has 4 bridgehead atoms. The summed E-state index contributed by atoms with van der Waals surface area (Å²) in [5.74, 6) is 0.760. The summed E-state index contributed by atoms with van der Waals surface area (Å²) in [4.78, 5) is 15.4. The van der Waals surface area contributed by atoms with E-state index in [1.54, 1.807) is 0 Å². The molecular weight excluding hydrogens is 338 g/mol. The van der Waals surface area contributed by atoms with E-state index in [2.05, 4.69) is 18.7 Å². The van der Waals surface area contributed by atoms with Gasteiger partial charge >= 0.3 is 6.09 Å². The van der Waals surface area contributed by atoms with Crippen LogP contribution in [0.15, 0.2) is 0 Å². The molecule has 156 valence electrons. The lowest BCUT2D eigenvalue weighted by atomic mass is 9.42. The van der Waals surface area contributed by atoms with E-state index in [1.807, 2.05) is 20.8 Å². The van der Waals surface area contributed by atoms with Gasteiger partial charge in [0.2, 0.25) is 0 Å². The molecule has 4 atom stereocenters. The maximum absolute atomic E-state index is 13.3. The van der Waals surface area contributed by atoms with Gasteiger partial charge in [0.1, 0.15) is 5.60 Å². The number of rotatable bonds is 7. The van der Waals surface area contributed by atoms with Gasteiger partial charge in [-0.15, -0.1) is 0 Å². The molecule has 4 aliphatic rings. The standard InChI is InChI=1S/C23H41NO3/c1-20(2,3)27-19(26)24(10-8-6-7-9-11-25)23-14-18-12-21(4,16-23)15-22(5,13-18)17-23/h18,25H,6-17H2,1-5H3/t18?,21-,22+,23?. The topological polar surface area (TPSA) is 49.8 Å². The molecule has 1 amide bonds. The van der Waals surface area contributed by atoms with Crippen LogP contribution >= 0.6 is 0 Å². The van der Waals surface area contributed by atoms with Crippen LogP contribution in [0.3, 0.4) is 0 Å². The molecule has 4 heteroatoms. The Kier molecular flexibility index (Phi) is 5.62. The first-order valence-electron chi connectivity index (χ1n) is 11.1. The van der Waals surface area contributed by atoms with Gasteiger partial charge in [-0.3, -0.25) is 0 Å². The quantitative estimate of drug-likeness (QED) is 0.592. The Labute approximate surface area is 166 Å². The van der Waals surface area contributed by atoms with Gasteiger partial charge in [0.15, 0.2) is 0 Å². The minimum atomic E-state index is -0.456. The highest BCUT2D eigenvalue weighted by atomic mass is 16.6. The van der Waals surface area contributed by atoms with E-state index in [9.17, 15) is 4.79 Å². The molecule has 4 rings (SSSR count). The van der Waals surface area contributed by atoms with Gasteiger partial charge in [-0.05, 0) is 88.9 Å². The first-order valence-corrected chi connectivity index (χ1v) is 11.1. The number of ether oxygens (including phenoxy) is 1. The van der Waals surface area contributed by atoms with Crippen LogP contribution in [-0.4, -0.2) is 40.4 Å². The number of hydrogen-bond acceptors (Lipinski definition) is 3. The first kappa shape index (κ1) is 21.0. The van der Waals surface area contributed by atoms with E-state index in [4.69, 9.17) is 9.84 Å². The lowest BCUT2D eigenvalue weighted by molar-refractivity contribution is -0.157. The summed E-state index contributed by atoms with van der Waals surface area (Å²) in [5, 5.41) is 9.02. The predicted molar refractivity (Wildman–Crippen MR) is 109 cm³/mol. The Balaban J connectivity index is 1.80. The van der Waals surface area contributed by atoms with Gasteiger partial charge in [-0.2, -0.15) is 0 Å². The highest BCUT2D eigenvalue weighted by molar-refractivity contribution is 5.69. The summed E-state index contributed by atoms with van der Waals surface area (Å²) >= 11 is 0. The number of aliphatic hydroxyl groups is 1. The third-order valence-corrected chi connectivity index (χ3v) is 7.07. The monoisotopic (exact) mass is 379 g/mol. The zero-order valence-electron chi connectivity index (χ0n) is 18.3. The average molecular weight is 380 g/mol. The van der Waals surface area contributed by atoms with Crippen LogP contribution in [0.25, 0.3) is 0 Å². The van der Waals surface area contributed by atoms with Gasteiger partial charge < -0.3 is 14.7 Å². The number of carbonyl (C=O) groups is 1. The third kappa shape index (κ3) is 4.63. The van der Waals surface area contributed by atoms with Crippen molar-refractivity contribution in [1.29, 1.82) is 0 Å². The number of nitrogens with zero attached hydrogens (tertiary/aromatic N) is 1. The second kappa shape index (κ2) is 7.24. The van der Waals surface area contributed by atoms with E-state index >= 15 is 0 Å². The maximum Gasteiger partial charge on any atom is 0.410 e. The molecule has 4 saturated carbocycles. The van der Waals surface area contributed by atoms with Gasteiger partial charge in [-0.25, -0.2) is 4.79 Å². The minimum Gasteiger partial charge on any atom is -0.444 e. The molecule has 0 aromatic carbocycles. The second-order valence-corrected chi connectivity index (χ2v) is 11.6. The van der Waals surface area contributed by atoms with Crippen molar-refractivity contribution in [2.24, 2.45) is 16.7 Å². The molecular formula is C23H41NO3. The molecule has 0 aliphatic heterocycles. The fraction of sp³-hybridized carbons (Fsp3) is 0.957. The first-order chi connectivity index (χ1) is 12.5. The van der Waals surface area contributed by atoms with Crippen molar-refractivity contribution >= 4 is 6.09 Å². The van der Waals surface area contributed by atoms with Crippen LogP contribution in [0.4, 0.5) is 4.79 Å². The smallest absolute Gasteiger partial charge is 0.410 e. The summed E-state index contributed by atoms with van der Waals surface area (Å²) in [6.07, 6.45) is 11.3. The Morgan fingerprint density at radius 2 is 1.59 bits per heavy atom. The summed E-state index contributed by atoms with van der Waals surface area (Å²) in [6, 6.07) is 0. The summed E-state index contributed by atoms with van der Waals surface area (Å²) in [7, 11) is 0. The maximum atomic E-state index is 13.3. The molecule has 27 heavy (non-hydrogen) atoms. The fourth-order valence-corrected chi connectivity index (χ4v) is 7.26. The van der Waals surface area contributed by atoms with Crippen LogP contribution in [-0.2, 0) is 4.74 Å². The van der Waals surface area contributed by atoms with E-state index in [0.717, 1.165) is 57.4 Å². The van der Waals surface area contributed by atoms with Crippen molar-refractivity contribution in [3.05, 3.63) is 0 Å². The van der Waals surface area contributed by atoms with Gasteiger partial charge in [0.25, 0.3) is 0 Å². The molecule has 0 aromatic heterocycles. The van der Waals surface area contributed by atoms with Crippen LogP contribution < -0.4 is 0 Å². The van der Waals surface area contributed by atoms with Gasteiger partial charge in [0, 0.05) is 18.7 Å². The predicted octanol–water partition coefficient (Wildman–Crippen LogP) is 5.53. The molecule has 1 N–H and O–H groups in total.